The van der Waals surface area contributed by atoms with Gasteiger partial charge in [0.25, 0.3) is 0 Å². The van der Waals surface area contributed by atoms with Crippen molar-refractivity contribution in [2.75, 3.05) is 13.1 Å². The maximum Gasteiger partial charge on any atom is 0.323 e. The van der Waals surface area contributed by atoms with Gasteiger partial charge in [0.1, 0.15) is 6.54 Å². The average molecular weight is 282 g/mol. The lowest BCUT2D eigenvalue weighted by atomic mass is 10.1. The summed E-state index contributed by atoms with van der Waals surface area (Å²) in [5.41, 5.74) is 0. The molecule has 0 spiro atoms. The van der Waals surface area contributed by atoms with Gasteiger partial charge in [-0.2, -0.15) is 0 Å². The summed E-state index contributed by atoms with van der Waals surface area (Å²) in [5, 5.41) is 9.01. The number of hydrogen-bond donors (Lipinski definition) is 1. The summed E-state index contributed by atoms with van der Waals surface area (Å²) in [6, 6.07) is 0.578. The normalized spacial score (nSPS) is 28.4. The number of carboxylic acid groups (broad SMARTS) is 1. The lowest BCUT2D eigenvalue weighted by Crippen LogP contribution is -2.52. The molecule has 3 atom stereocenters. The maximum atomic E-state index is 12.6. The molecule has 1 saturated carbocycles. The van der Waals surface area contributed by atoms with Crippen LogP contribution in [0.4, 0.5) is 0 Å². The van der Waals surface area contributed by atoms with Crippen LogP contribution in [0.25, 0.3) is 0 Å². The third-order valence-electron chi connectivity index (χ3n) is 4.64. The minimum Gasteiger partial charge on any atom is -0.480 e. The molecule has 0 aromatic heterocycles. The number of carbonyl (C=O) groups excluding carboxylic acids is 1. The van der Waals surface area contributed by atoms with Gasteiger partial charge in [-0.05, 0) is 52.4 Å². The molecular formula is C15H26N2O3. The van der Waals surface area contributed by atoms with Gasteiger partial charge in [0.15, 0.2) is 0 Å². The summed E-state index contributed by atoms with van der Waals surface area (Å²) in [7, 11) is 0. The summed E-state index contributed by atoms with van der Waals surface area (Å²) < 4.78 is 0. The van der Waals surface area contributed by atoms with E-state index in [4.69, 9.17) is 5.11 Å². The molecule has 2 aliphatic rings. The van der Waals surface area contributed by atoms with Crippen molar-refractivity contribution < 1.29 is 14.7 Å². The van der Waals surface area contributed by atoms with Crippen LogP contribution in [0.3, 0.4) is 0 Å². The lowest BCUT2D eigenvalue weighted by Gasteiger charge is -2.34. The first-order valence-electron chi connectivity index (χ1n) is 7.68. The number of likely N-dealkylation sites (tertiary alicyclic amines) is 1. The number of aliphatic carboxylic acids is 1. The lowest BCUT2D eigenvalue weighted by molar-refractivity contribution is -0.147. The van der Waals surface area contributed by atoms with E-state index >= 15 is 0 Å². The highest BCUT2D eigenvalue weighted by atomic mass is 16.4. The van der Waals surface area contributed by atoms with Crippen molar-refractivity contribution >= 4 is 11.9 Å². The van der Waals surface area contributed by atoms with Gasteiger partial charge in [0, 0.05) is 18.6 Å². The summed E-state index contributed by atoms with van der Waals surface area (Å²) >= 11 is 0. The smallest absolute Gasteiger partial charge is 0.323 e. The second kappa shape index (κ2) is 6.12. The van der Waals surface area contributed by atoms with Crippen LogP contribution in [0.15, 0.2) is 0 Å². The molecule has 1 heterocycles. The number of nitrogens with zero attached hydrogens (tertiary/aromatic N) is 2. The monoisotopic (exact) mass is 282 g/mol. The zero-order valence-corrected chi connectivity index (χ0v) is 12.7. The molecular weight excluding hydrogens is 256 g/mol. The summed E-state index contributed by atoms with van der Waals surface area (Å²) in [4.78, 5) is 27.4. The van der Waals surface area contributed by atoms with Gasteiger partial charge in [0.05, 0.1) is 6.04 Å². The molecule has 20 heavy (non-hydrogen) atoms. The molecule has 0 radical (unpaired) electrons. The first-order valence-corrected chi connectivity index (χ1v) is 7.68. The molecule has 0 aromatic carbocycles. The number of hydrogen-bond acceptors (Lipinski definition) is 3. The van der Waals surface area contributed by atoms with Gasteiger partial charge in [-0.15, -0.1) is 0 Å². The summed E-state index contributed by atoms with van der Waals surface area (Å²) in [6.07, 6.45) is 4.46. The fourth-order valence-electron chi connectivity index (χ4n) is 3.38. The van der Waals surface area contributed by atoms with Crippen LogP contribution in [0.1, 0.15) is 46.5 Å². The highest BCUT2D eigenvalue weighted by Crippen LogP contribution is 2.31. The maximum absolute atomic E-state index is 12.6. The van der Waals surface area contributed by atoms with Gasteiger partial charge >= 0.3 is 5.97 Å². The zero-order chi connectivity index (χ0) is 14.9. The second-order valence-corrected chi connectivity index (χ2v) is 6.45. The van der Waals surface area contributed by atoms with Crippen molar-refractivity contribution in [2.24, 2.45) is 5.92 Å². The molecule has 2 rings (SSSR count). The van der Waals surface area contributed by atoms with Gasteiger partial charge in [-0.3, -0.25) is 14.5 Å². The fraction of sp³-hybridized carbons (Fsp3) is 0.867. The molecule has 2 fully saturated rings. The van der Waals surface area contributed by atoms with Crippen LogP contribution in [-0.2, 0) is 9.59 Å². The predicted molar refractivity (Wildman–Crippen MR) is 76.4 cm³/mol. The van der Waals surface area contributed by atoms with Crippen LogP contribution >= 0.6 is 0 Å². The Morgan fingerprint density at radius 3 is 2.20 bits per heavy atom. The number of rotatable bonds is 6. The van der Waals surface area contributed by atoms with E-state index in [1.807, 2.05) is 6.92 Å². The summed E-state index contributed by atoms with van der Waals surface area (Å²) in [5.74, 6) is -0.437. The van der Waals surface area contributed by atoms with E-state index in [2.05, 4.69) is 18.7 Å². The Balaban J connectivity index is 2.02. The molecule has 114 valence electrons. The number of amides is 1. The molecule has 1 saturated heterocycles. The highest BCUT2D eigenvalue weighted by molar-refractivity contribution is 5.85. The average Bonchev–Trinajstić information content (AvgIpc) is 3.12. The van der Waals surface area contributed by atoms with Crippen LogP contribution in [-0.4, -0.2) is 58.0 Å². The zero-order valence-electron chi connectivity index (χ0n) is 12.7. The Morgan fingerprint density at radius 2 is 1.75 bits per heavy atom. The molecule has 0 bridgehead atoms. The quantitative estimate of drug-likeness (QED) is 0.803. The fourth-order valence-corrected chi connectivity index (χ4v) is 3.38. The first-order chi connectivity index (χ1) is 9.40. The Kier molecular flexibility index (Phi) is 4.68. The molecule has 5 nitrogen and oxygen atoms in total. The van der Waals surface area contributed by atoms with E-state index in [-0.39, 0.29) is 18.5 Å². The standard InChI is InChI=1S/C15H26N2O3/c1-10-4-5-11(2)17(10)12(3)15(20)16(9-14(18)19)8-13-6-7-13/h10-13H,4-9H2,1-3H3,(H,18,19). The first kappa shape index (κ1) is 15.3. The highest BCUT2D eigenvalue weighted by Gasteiger charge is 2.37. The third-order valence-corrected chi connectivity index (χ3v) is 4.64. The van der Waals surface area contributed by atoms with E-state index in [0.717, 1.165) is 25.7 Å². The largest absolute Gasteiger partial charge is 0.480 e. The topological polar surface area (TPSA) is 60.9 Å². The molecule has 5 heteroatoms. The van der Waals surface area contributed by atoms with Gasteiger partial charge in [0.2, 0.25) is 5.91 Å². The van der Waals surface area contributed by atoms with Crippen molar-refractivity contribution in [3.05, 3.63) is 0 Å². The molecule has 1 aliphatic carbocycles. The van der Waals surface area contributed by atoms with Crippen LogP contribution in [0, 0.1) is 5.92 Å². The van der Waals surface area contributed by atoms with Gasteiger partial charge in [-0.1, -0.05) is 0 Å². The van der Waals surface area contributed by atoms with Crippen molar-refractivity contribution in [3.8, 4) is 0 Å². The van der Waals surface area contributed by atoms with E-state index in [1.165, 1.54) is 0 Å². The van der Waals surface area contributed by atoms with Crippen LogP contribution < -0.4 is 0 Å². The van der Waals surface area contributed by atoms with Crippen LogP contribution in [0.2, 0.25) is 0 Å². The number of carboxylic acids is 1. The Hall–Kier alpha value is -1.10. The Morgan fingerprint density at radius 1 is 1.20 bits per heavy atom. The minimum absolute atomic E-state index is 0.0279. The van der Waals surface area contributed by atoms with Crippen molar-refractivity contribution in [1.29, 1.82) is 0 Å². The molecule has 0 aromatic rings. The van der Waals surface area contributed by atoms with E-state index in [1.54, 1.807) is 4.90 Å². The Labute approximate surface area is 120 Å². The summed E-state index contributed by atoms with van der Waals surface area (Å²) in [6.45, 7) is 6.65. The van der Waals surface area contributed by atoms with E-state index in [0.29, 0.717) is 24.5 Å². The predicted octanol–water partition coefficient (Wildman–Crippen LogP) is 1.57. The molecule has 1 N–H and O–H groups in total. The molecule has 3 unspecified atom stereocenters. The SMILES string of the molecule is CC1CCC(C)N1C(C)C(=O)N(CC(=O)O)CC1CC1. The van der Waals surface area contributed by atoms with Gasteiger partial charge in [-0.25, -0.2) is 0 Å². The Bertz CT molecular complexity index is 371. The molecule has 1 amide bonds. The van der Waals surface area contributed by atoms with Crippen molar-refractivity contribution in [3.63, 3.8) is 0 Å². The van der Waals surface area contributed by atoms with Gasteiger partial charge < -0.3 is 10.0 Å². The van der Waals surface area contributed by atoms with Crippen molar-refractivity contribution in [2.45, 2.75) is 64.6 Å². The number of carbonyl (C=O) groups is 2. The van der Waals surface area contributed by atoms with Crippen molar-refractivity contribution in [1.82, 2.24) is 9.80 Å². The third kappa shape index (κ3) is 3.51. The van der Waals surface area contributed by atoms with Crippen LogP contribution in [0.5, 0.6) is 0 Å². The van der Waals surface area contributed by atoms with E-state index < -0.39 is 5.97 Å². The molecule has 1 aliphatic heterocycles. The van der Waals surface area contributed by atoms with E-state index in [9.17, 15) is 9.59 Å². The minimum atomic E-state index is -0.922. The second-order valence-electron chi connectivity index (χ2n) is 6.45.